The summed E-state index contributed by atoms with van der Waals surface area (Å²) in [7, 11) is 0. The van der Waals surface area contributed by atoms with E-state index in [2.05, 4.69) is 20.4 Å². The maximum Gasteiger partial charge on any atom is 0.225 e. The summed E-state index contributed by atoms with van der Waals surface area (Å²) in [6.07, 6.45) is 1.85. The van der Waals surface area contributed by atoms with Crippen LogP contribution in [0.4, 0.5) is 5.82 Å². The Balaban J connectivity index is 1.33. The van der Waals surface area contributed by atoms with Gasteiger partial charge in [-0.25, -0.2) is 0 Å². The first-order valence-corrected chi connectivity index (χ1v) is 10.9. The van der Waals surface area contributed by atoms with Crippen molar-refractivity contribution in [3.63, 3.8) is 0 Å². The van der Waals surface area contributed by atoms with Crippen LogP contribution in [0.15, 0.2) is 66.7 Å². The number of nitrogens with one attached hydrogen (secondary N) is 1. The number of hydrogen-bond acceptors (Lipinski definition) is 5. The summed E-state index contributed by atoms with van der Waals surface area (Å²) in [5, 5.41) is 11.9. The van der Waals surface area contributed by atoms with Crippen molar-refractivity contribution in [2.75, 3.05) is 24.6 Å². The van der Waals surface area contributed by atoms with Gasteiger partial charge in [0.15, 0.2) is 5.82 Å². The Morgan fingerprint density at radius 3 is 2.58 bits per heavy atom. The third kappa shape index (κ3) is 5.40. The highest BCUT2D eigenvalue weighted by Gasteiger charge is 2.26. The molecule has 6 heteroatoms. The lowest BCUT2D eigenvalue weighted by atomic mass is 9.97. The molecule has 1 atom stereocenters. The zero-order chi connectivity index (χ0) is 21.5. The monoisotopic (exact) mass is 416 g/mol. The van der Waals surface area contributed by atoms with Crippen LogP contribution in [0.3, 0.4) is 0 Å². The molecule has 1 aliphatic heterocycles. The number of amides is 1. The Labute approximate surface area is 183 Å². The molecule has 0 aliphatic carbocycles. The third-order valence-corrected chi connectivity index (χ3v) is 5.54. The predicted octanol–water partition coefficient (Wildman–Crippen LogP) is 4.08. The van der Waals surface area contributed by atoms with E-state index in [1.807, 2.05) is 73.7 Å². The first-order chi connectivity index (χ1) is 15.2. The summed E-state index contributed by atoms with van der Waals surface area (Å²) < 4.78 is 5.46. The maximum atomic E-state index is 12.8. The Hall–Kier alpha value is -3.41. The molecular weight excluding hydrogens is 388 g/mol. The van der Waals surface area contributed by atoms with Crippen LogP contribution < -0.4 is 15.0 Å². The van der Waals surface area contributed by atoms with Crippen molar-refractivity contribution in [3.05, 3.63) is 72.3 Å². The van der Waals surface area contributed by atoms with Crippen molar-refractivity contribution in [1.82, 2.24) is 15.5 Å². The van der Waals surface area contributed by atoms with Crippen LogP contribution >= 0.6 is 0 Å². The quantitative estimate of drug-likeness (QED) is 0.629. The second-order valence-electron chi connectivity index (χ2n) is 7.72. The molecule has 1 aromatic heterocycles. The van der Waals surface area contributed by atoms with Gasteiger partial charge in [-0.2, -0.15) is 0 Å². The van der Waals surface area contributed by atoms with Gasteiger partial charge in [0.1, 0.15) is 5.75 Å². The molecule has 1 amide bonds. The van der Waals surface area contributed by atoms with Gasteiger partial charge in [-0.3, -0.25) is 4.79 Å². The molecule has 0 bridgehead atoms. The first kappa shape index (κ1) is 20.8. The molecule has 1 fully saturated rings. The summed E-state index contributed by atoms with van der Waals surface area (Å²) in [4.78, 5) is 14.9. The molecule has 2 heterocycles. The van der Waals surface area contributed by atoms with E-state index in [0.717, 1.165) is 47.8 Å². The normalized spacial score (nSPS) is 16.0. The summed E-state index contributed by atoms with van der Waals surface area (Å²) in [6.45, 7) is 4.68. The van der Waals surface area contributed by atoms with Crippen molar-refractivity contribution >= 4 is 11.7 Å². The molecule has 1 saturated heterocycles. The summed E-state index contributed by atoms with van der Waals surface area (Å²) in [5.41, 5.74) is 2.96. The van der Waals surface area contributed by atoms with E-state index in [9.17, 15) is 4.79 Å². The Kier molecular flexibility index (Phi) is 6.77. The highest BCUT2D eigenvalue weighted by molar-refractivity contribution is 5.79. The van der Waals surface area contributed by atoms with Crippen molar-refractivity contribution in [1.29, 1.82) is 0 Å². The lowest BCUT2D eigenvalue weighted by molar-refractivity contribution is -0.125. The van der Waals surface area contributed by atoms with Gasteiger partial charge in [-0.15, -0.1) is 10.2 Å². The lowest BCUT2D eigenvalue weighted by Gasteiger charge is -2.32. The Bertz CT molecular complexity index is 975. The molecule has 1 N–H and O–H groups in total. The zero-order valence-electron chi connectivity index (χ0n) is 17.8. The van der Waals surface area contributed by atoms with Crippen molar-refractivity contribution in [3.8, 4) is 17.0 Å². The smallest absolute Gasteiger partial charge is 0.225 e. The van der Waals surface area contributed by atoms with Crippen LogP contribution in [0.1, 0.15) is 25.3 Å². The van der Waals surface area contributed by atoms with E-state index in [1.165, 1.54) is 0 Å². The van der Waals surface area contributed by atoms with E-state index in [-0.39, 0.29) is 11.8 Å². The predicted molar refractivity (Wildman–Crippen MR) is 122 cm³/mol. The van der Waals surface area contributed by atoms with E-state index < -0.39 is 0 Å². The average Bonchev–Trinajstić information content (AvgIpc) is 2.84. The average molecular weight is 417 g/mol. The molecule has 3 aromatic rings. The second kappa shape index (κ2) is 10.1. The first-order valence-electron chi connectivity index (χ1n) is 10.9. The Morgan fingerprint density at radius 1 is 1.06 bits per heavy atom. The summed E-state index contributed by atoms with van der Waals surface area (Å²) in [6, 6.07) is 21.9. The molecule has 0 radical (unpaired) electrons. The second-order valence-corrected chi connectivity index (χ2v) is 7.72. The van der Waals surface area contributed by atoms with E-state index in [0.29, 0.717) is 19.7 Å². The van der Waals surface area contributed by atoms with Gasteiger partial charge in [-0.05, 0) is 49.6 Å². The van der Waals surface area contributed by atoms with Gasteiger partial charge in [0.25, 0.3) is 0 Å². The zero-order valence-corrected chi connectivity index (χ0v) is 17.8. The fraction of sp³-hybridized carbons (Fsp3) is 0.320. The highest BCUT2D eigenvalue weighted by Crippen LogP contribution is 2.23. The van der Waals surface area contributed by atoms with Crippen LogP contribution in [-0.4, -0.2) is 35.8 Å². The SMILES string of the molecule is CCOc1ccc(CNC(=O)C2CCCN(c3ccc(-c4ccccc4)nn3)C2)cc1. The maximum absolute atomic E-state index is 12.8. The number of ether oxygens (including phenoxy) is 1. The van der Waals surface area contributed by atoms with Crippen LogP contribution in [0.5, 0.6) is 5.75 Å². The van der Waals surface area contributed by atoms with Crippen molar-refractivity contribution < 1.29 is 9.53 Å². The molecular formula is C25H28N4O2. The van der Waals surface area contributed by atoms with Gasteiger partial charge >= 0.3 is 0 Å². The number of carbonyl (C=O) groups excluding carboxylic acids is 1. The minimum atomic E-state index is -0.0490. The number of piperidine rings is 1. The number of anilines is 1. The summed E-state index contributed by atoms with van der Waals surface area (Å²) in [5.74, 6) is 1.71. The summed E-state index contributed by atoms with van der Waals surface area (Å²) >= 11 is 0. The molecule has 0 saturated carbocycles. The molecule has 1 unspecified atom stereocenters. The number of benzene rings is 2. The van der Waals surface area contributed by atoms with Gasteiger partial charge in [0.2, 0.25) is 5.91 Å². The minimum absolute atomic E-state index is 0.0490. The molecule has 31 heavy (non-hydrogen) atoms. The number of aromatic nitrogens is 2. The fourth-order valence-corrected chi connectivity index (χ4v) is 3.86. The van der Waals surface area contributed by atoms with Crippen LogP contribution in [0.2, 0.25) is 0 Å². The van der Waals surface area contributed by atoms with Crippen LogP contribution in [0.25, 0.3) is 11.3 Å². The largest absolute Gasteiger partial charge is 0.494 e. The highest BCUT2D eigenvalue weighted by atomic mass is 16.5. The van der Waals surface area contributed by atoms with Gasteiger partial charge in [-0.1, -0.05) is 42.5 Å². The molecule has 2 aromatic carbocycles. The van der Waals surface area contributed by atoms with E-state index >= 15 is 0 Å². The number of hydrogen-bond donors (Lipinski definition) is 1. The number of carbonyl (C=O) groups is 1. The van der Waals surface area contributed by atoms with E-state index in [1.54, 1.807) is 0 Å². The van der Waals surface area contributed by atoms with Crippen LogP contribution in [-0.2, 0) is 11.3 Å². The van der Waals surface area contributed by atoms with Gasteiger partial charge < -0.3 is 15.0 Å². The molecule has 0 spiro atoms. The van der Waals surface area contributed by atoms with Crippen molar-refractivity contribution in [2.45, 2.75) is 26.3 Å². The van der Waals surface area contributed by atoms with Crippen molar-refractivity contribution in [2.24, 2.45) is 5.92 Å². The third-order valence-electron chi connectivity index (χ3n) is 5.54. The van der Waals surface area contributed by atoms with Gasteiger partial charge in [0.05, 0.1) is 18.2 Å². The molecule has 160 valence electrons. The Morgan fingerprint density at radius 2 is 1.87 bits per heavy atom. The molecule has 4 rings (SSSR count). The number of nitrogens with zero attached hydrogens (tertiary/aromatic N) is 3. The number of rotatable bonds is 7. The topological polar surface area (TPSA) is 67.3 Å². The fourth-order valence-electron chi connectivity index (χ4n) is 3.86. The van der Waals surface area contributed by atoms with Crippen LogP contribution in [0, 0.1) is 5.92 Å². The molecule has 6 nitrogen and oxygen atoms in total. The van der Waals surface area contributed by atoms with E-state index in [4.69, 9.17) is 4.74 Å². The standard InChI is InChI=1S/C25H28N4O2/c1-2-31-22-12-10-19(11-13-22)17-26-25(30)21-9-6-16-29(18-21)24-15-14-23(27-28-24)20-7-4-3-5-8-20/h3-5,7-8,10-15,21H,2,6,9,16-18H2,1H3,(H,26,30). The van der Waals surface area contributed by atoms with Gasteiger partial charge in [0, 0.05) is 25.2 Å². The minimum Gasteiger partial charge on any atom is -0.494 e. The molecule has 1 aliphatic rings. The lowest BCUT2D eigenvalue weighted by Crippen LogP contribution is -2.43.